The van der Waals surface area contributed by atoms with Crippen LogP contribution >= 0.6 is 0 Å². The second-order valence-corrected chi connectivity index (χ2v) is 9.35. The van der Waals surface area contributed by atoms with Crippen molar-refractivity contribution in [1.29, 1.82) is 0 Å². The first-order valence-electron chi connectivity index (χ1n) is 11.7. The van der Waals surface area contributed by atoms with Gasteiger partial charge in [0.1, 0.15) is 0 Å². The highest BCUT2D eigenvalue weighted by Crippen LogP contribution is 2.46. The highest BCUT2D eigenvalue weighted by atomic mass is 16.1. The molecule has 1 amide bonds. The van der Waals surface area contributed by atoms with E-state index < -0.39 is 0 Å². The van der Waals surface area contributed by atoms with Gasteiger partial charge in [-0.25, -0.2) is 0 Å². The van der Waals surface area contributed by atoms with Crippen LogP contribution in [0, 0.1) is 0 Å². The Kier molecular flexibility index (Phi) is 5.92. The Hall–Kier alpha value is -3.15. The molecule has 1 aliphatic carbocycles. The van der Waals surface area contributed by atoms with E-state index in [1.165, 1.54) is 22.3 Å². The molecule has 2 aliphatic rings. The highest BCUT2D eigenvalue weighted by molar-refractivity contribution is 5.82. The molecule has 2 N–H and O–H groups in total. The van der Waals surface area contributed by atoms with E-state index in [0.29, 0.717) is 12.6 Å². The molecule has 1 saturated heterocycles. The summed E-state index contributed by atoms with van der Waals surface area (Å²) in [6.45, 7) is 4.47. The lowest BCUT2D eigenvalue weighted by atomic mass is 9.96. The van der Waals surface area contributed by atoms with E-state index in [1.807, 2.05) is 26.2 Å². The minimum atomic E-state index is -0.291. The highest BCUT2D eigenvalue weighted by Gasteiger charge is 2.34. The quantitative estimate of drug-likeness (QED) is 0.635. The van der Waals surface area contributed by atoms with Crippen molar-refractivity contribution in [3.63, 3.8) is 0 Å². The van der Waals surface area contributed by atoms with E-state index in [1.54, 1.807) is 0 Å². The van der Waals surface area contributed by atoms with Gasteiger partial charge in [0, 0.05) is 52.5 Å². The standard InChI is InChI=1S/C28H32N4O/c1-30(2)21-13-11-20(12-14-21)26(28(29)33)19-31-15-17-32(18-16-31)27-24-9-5-3-7-22(24)23-8-4-6-10-25(23)27/h3-14,26-27H,15-19H2,1-2H3,(H2,29,33). The van der Waals surface area contributed by atoms with Crippen molar-refractivity contribution in [3.05, 3.63) is 89.5 Å². The molecule has 0 spiro atoms. The first-order valence-corrected chi connectivity index (χ1v) is 11.7. The number of carbonyl (C=O) groups excluding carboxylic acids is 1. The van der Waals surface area contributed by atoms with Crippen LogP contribution < -0.4 is 10.6 Å². The van der Waals surface area contributed by atoms with Crippen LogP contribution in [0.15, 0.2) is 72.8 Å². The molecular formula is C28H32N4O. The Morgan fingerprint density at radius 2 is 1.42 bits per heavy atom. The van der Waals surface area contributed by atoms with Crippen molar-refractivity contribution in [3.8, 4) is 11.1 Å². The lowest BCUT2D eigenvalue weighted by Gasteiger charge is -2.39. The minimum absolute atomic E-state index is 0.256. The number of piperazine rings is 1. The van der Waals surface area contributed by atoms with E-state index in [2.05, 4.69) is 75.4 Å². The molecule has 1 unspecified atom stereocenters. The number of hydrogen-bond donors (Lipinski definition) is 1. The third-order valence-corrected chi connectivity index (χ3v) is 7.17. The Morgan fingerprint density at radius 1 is 0.879 bits per heavy atom. The fraction of sp³-hybridized carbons (Fsp3) is 0.321. The predicted molar refractivity (Wildman–Crippen MR) is 134 cm³/mol. The maximum absolute atomic E-state index is 12.3. The SMILES string of the molecule is CN(C)c1ccc(C(CN2CCN(C3c4ccccc4-c4ccccc43)CC2)C(N)=O)cc1. The maximum atomic E-state index is 12.3. The van der Waals surface area contributed by atoms with Crippen LogP contribution in [0.1, 0.15) is 28.7 Å². The molecule has 0 aromatic heterocycles. The maximum Gasteiger partial charge on any atom is 0.226 e. The number of anilines is 1. The molecule has 0 radical (unpaired) electrons. The zero-order valence-corrected chi connectivity index (χ0v) is 19.4. The molecule has 5 heteroatoms. The van der Waals surface area contributed by atoms with Gasteiger partial charge in [0.15, 0.2) is 0 Å². The van der Waals surface area contributed by atoms with Crippen LogP contribution in [-0.2, 0) is 4.79 Å². The average Bonchev–Trinajstić information content (AvgIpc) is 3.17. The lowest BCUT2D eigenvalue weighted by Crippen LogP contribution is -2.49. The summed E-state index contributed by atoms with van der Waals surface area (Å²) in [5.41, 5.74) is 13.5. The molecule has 3 aromatic carbocycles. The van der Waals surface area contributed by atoms with Gasteiger partial charge in [0.25, 0.3) is 0 Å². The second-order valence-electron chi connectivity index (χ2n) is 9.35. The van der Waals surface area contributed by atoms with Crippen LogP contribution in [0.3, 0.4) is 0 Å². The van der Waals surface area contributed by atoms with Crippen LogP contribution in [0.4, 0.5) is 5.69 Å². The molecule has 3 aromatic rings. The molecule has 1 atom stereocenters. The van der Waals surface area contributed by atoms with E-state index >= 15 is 0 Å². The Labute approximate surface area is 196 Å². The normalized spacial score (nSPS) is 17.4. The number of fused-ring (bicyclic) bond motifs is 3. The van der Waals surface area contributed by atoms with E-state index in [9.17, 15) is 4.79 Å². The Bertz CT molecular complexity index is 1090. The largest absolute Gasteiger partial charge is 0.378 e. The van der Waals surface area contributed by atoms with Crippen LogP contribution in [0.25, 0.3) is 11.1 Å². The van der Waals surface area contributed by atoms with Gasteiger partial charge in [-0.1, -0.05) is 60.7 Å². The second kappa shape index (κ2) is 9.00. The number of rotatable bonds is 6. The zero-order valence-electron chi connectivity index (χ0n) is 19.4. The van der Waals surface area contributed by atoms with Gasteiger partial charge >= 0.3 is 0 Å². The van der Waals surface area contributed by atoms with Gasteiger partial charge in [-0.05, 0) is 39.9 Å². The molecule has 1 heterocycles. The van der Waals surface area contributed by atoms with Crippen LogP contribution in [0.2, 0.25) is 0 Å². The molecule has 0 bridgehead atoms. The summed E-state index contributed by atoms with van der Waals surface area (Å²) in [6.07, 6.45) is 0. The summed E-state index contributed by atoms with van der Waals surface area (Å²) in [5, 5.41) is 0. The number of hydrogen-bond acceptors (Lipinski definition) is 4. The molecular weight excluding hydrogens is 408 g/mol. The summed E-state index contributed by atoms with van der Waals surface area (Å²) in [5.74, 6) is -0.547. The van der Waals surface area contributed by atoms with Crippen molar-refractivity contribution in [2.75, 3.05) is 51.7 Å². The van der Waals surface area contributed by atoms with Gasteiger partial charge in [0.2, 0.25) is 5.91 Å². The minimum Gasteiger partial charge on any atom is -0.378 e. The summed E-state index contributed by atoms with van der Waals surface area (Å²) < 4.78 is 0. The Morgan fingerprint density at radius 3 is 1.94 bits per heavy atom. The predicted octanol–water partition coefficient (Wildman–Crippen LogP) is 3.71. The summed E-state index contributed by atoms with van der Waals surface area (Å²) >= 11 is 0. The topological polar surface area (TPSA) is 52.8 Å². The van der Waals surface area contributed by atoms with Gasteiger partial charge in [0.05, 0.1) is 12.0 Å². The number of amides is 1. The van der Waals surface area contributed by atoms with Crippen molar-refractivity contribution in [1.82, 2.24) is 9.80 Å². The van der Waals surface area contributed by atoms with Crippen molar-refractivity contribution in [2.45, 2.75) is 12.0 Å². The van der Waals surface area contributed by atoms with Crippen LogP contribution in [0.5, 0.6) is 0 Å². The third-order valence-electron chi connectivity index (χ3n) is 7.17. The van der Waals surface area contributed by atoms with E-state index in [0.717, 1.165) is 37.4 Å². The van der Waals surface area contributed by atoms with Gasteiger partial charge in [-0.2, -0.15) is 0 Å². The van der Waals surface area contributed by atoms with Crippen molar-refractivity contribution < 1.29 is 4.79 Å². The zero-order chi connectivity index (χ0) is 22.9. The monoisotopic (exact) mass is 440 g/mol. The number of carbonyl (C=O) groups is 1. The number of nitrogens with zero attached hydrogens (tertiary/aromatic N) is 3. The lowest BCUT2D eigenvalue weighted by molar-refractivity contribution is -0.120. The summed E-state index contributed by atoms with van der Waals surface area (Å²) in [4.78, 5) is 19.3. The van der Waals surface area contributed by atoms with Gasteiger partial charge < -0.3 is 10.6 Å². The number of benzene rings is 3. The number of primary amides is 1. The molecule has 0 saturated carbocycles. The average molecular weight is 441 g/mol. The molecule has 5 rings (SSSR count). The first-order chi connectivity index (χ1) is 16.0. The first kappa shape index (κ1) is 21.7. The van der Waals surface area contributed by atoms with Crippen molar-refractivity contribution >= 4 is 11.6 Å². The summed E-state index contributed by atoms with van der Waals surface area (Å²) in [7, 11) is 4.03. The molecule has 170 valence electrons. The third kappa shape index (κ3) is 4.14. The fourth-order valence-electron chi connectivity index (χ4n) is 5.35. The van der Waals surface area contributed by atoms with E-state index in [-0.39, 0.29) is 11.8 Å². The Balaban J connectivity index is 1.29. The van der Waals surface area contributed by atoms with Crippen molar-refractivity contribution in [2.24, 2.45) is 5.73 Å². The van der Waals surface area contributed by atoms with E-state index in [4.69, 9.17) is 5.73 Å². The molecule has 1 fully saturated rings. The smallest absolute Gasteiger partial charge is 0.226 e. The fourth-order valence-corrected chi connectivity index (χ4v) is 5.35. The molecule has 5 nitrogen and oxygen atoms in total. The van der Waals surface area contributed by atoms with Gasteiger partial charge in [-0.15, -0.1) is 0 Å². The molecule has 33 heavy (non-hydrogen) atoms. The summed E-state index contributed by atoms with van der Waals surface area (Å²) in [6, 6.07) is 26.1. The van der Waals surface area contributed by atoms with Crippen LogP contribution in [-0.4, -0.2) is 62.5 Å². The van der Waals surface area contributed by atoms with Gasteiger partial charge in [-0.3, -0.25) is 14.6 Å². The number of nitrogens with two attached hydrogens (primary N) is 1. The molecule has 1 aliphatic heterocycles.